The molecular formula is C17H15N5OS2. The van der Waals surface area contributed by atoms with E-state index in [0.29, 0.717) is 17.5 Å². The predicted octanol–water partition coefficient (Wildman–Crippen LogP) is 4.19. The highest BCUT2D eigenvalue weighted by Crippen LogP contribution is 2.27. The van der Waals surface area contributed by atoms with E-state index in [4.69, 9.17) is 4.52 Å². The van der Waals surface area contributed by atoms with E-state index < -0.39 is 0 Å². The minimum absolute atomic E-state index is 0.538. The Morgan fingerprint density at radius 2 is 2.12 bits per heavy atom. The van der Waals surface area contributed by atoms with Gasteiger partial charge in [-0.3, -0.25) is 0 Å². The third-order valence-electron chi connectivity index (χ3n) is 3.64. The average molecular weight is 369 g/mol. The zero-order valence-corrected chi connectivity index (χ0v) is 15.3. The number of aromatic nitrogens is 5. The van der Waals surface area contributed by atoms with Crippen LogP contribution >= 0.6 is 23.1 Å². The van der Waals surface area contributed by atoms with Crippen LogP contribution in [0.4, 0.5) is 0 Å². The van der Waals surface area contributed by atoms with Gasteiger partial charge in [0.1, 0.15) is 0 Å². The molecule has 0 atom stereocenters. The molecule has 0 saturated carbocycles. The number of hydrogen-bond acceptors (Lipinski definition) is 7. The molecule has 0 fully saturated rings. The van der Waals surface area contributed by atoms with Crippen LogP contribution in [0.15, 0.2) is 51.5 Å². The van der Waals surface area contributed by atoms with Gasteiger partial charge in [0.05, 0.1) is 10.6 Å². The summed E-state index contributed by atoms with van der Waals surface area (Å²) in [5.41, 5.74) is 2.09. The molecule has 0 aliphatic rings. The van der Waals surface area contributed by atoms with Gasteiger partial charge in [-0.05, 0) is 30.5 Å². The lowest BCUT2D eigenvalue weighted by Crippen LogP contribution is -1.94. The molecule has 0 amide bonds. The molecule has 25 heavy (non-hydrogen) atoms. The summed E-state index contributed by atoms with van der Waals surface area (Å²) in [7, 11) is 1.96. The molecule has 4 aromatic rings. The minimum Gasteiger partial charge on any atom is -0.334 e. The van der Waals surface area contributed by atoms with E-state index in [1.54, 1.807) is 11.3 Å². The molecule has 3 heterocycles. The Morgan fingerprint density at radius 3 is 2.92 bits per heavy atom. The average Bonchev–Trinajstić information content (AvgIpc) is 3.34. The van der Waals surface area contributed by atoms with Gasteiger partial charge in [-0.2, -0.15) is 4.98 Å². The van der Waals surface area contributed by atoms with Crippen LogP contribution < -0.4 is 0 Å². The molecule has 0 unspecified atom stereocenters. The molecule has 0 spiro atoms. The zero-order chi connectivity index (χ0) is 17.2. The van der Waals surface area contributed by atoms with Crippen molar-refractivity contribution in [3.05, 3.63) is 53.2 Å². The predicted molar refractivity (Wildman–Crippen MR) is 98.3 cm³/mol. The van der Waals surface area contributed by atoms with Gasteiger partial charge in [-0.25, -0.2) is 0 Å². The fourth-order valence-corrected chi connectivity index (χ4v) is 3.90. The molecule has 4 rings (SSSR count). The number of thiophene rings is 1. The van der Waals surface area contributed by atoms with Crippen LogP contribution in [0.5, 0.6) is 0 Å². The minimum atomic E-state index is 0.538. The van der Waals surface area contributed by atoms with Gasteiger partial charge in [0.15, 0.2) is 16.8 Å². The second-order valence-corrected chi connectivity index (χ2v) is 7.41. The Hall–Kier alpha value is -2.45. The molecular weight excluding hydrogens is 354 g/mol. The van der Waals surface area contributed by atoms with Gasteiger partial charge in [0, 0.05) is 12.6 Å². The zero-order valence-electron chi connectivity index (χ0n) is 13.7. The fourth-order valence-electron chi connectivity index (χ4n) is 2.40. The third-order valence-corrected chi connectivity index (χ3v) is 5.52. The molecule has 8 heteroatoms. The summed E-state index contributed by atoms with van der Waals surface area (Å²) >= 11 is 3.19. The number of aryl methyl sites for hydroxylation is 1. The summed E-state index contributed by atoms with van der Waals surface area (Å²) < 4.78 is 7.36. The highest BCUT2D eigenvalue weighted by Gasteiger charge is 2.14. The number of nitrogens with zero attached hydrogens (tertiary/aromatic N) is 5. The lowest BCUT2D eigenvalue weighted by Gasteiger charge is -2.00. The van der Waals surface area contributed by atoms with Crippen LogP contribution in [0.2, 0.25) is 0 Å². The fraction of sp³-hybridized carbons (Fsp3) is 0.176. The van der Waals surface area contributed by atoms with Crippen molar-refractivity contribution in [2.24, 2.45) is 7.05 Å². The monoisotopic (exact) mass is 369 g/mol. The number of rotatable bonds is 5. The van der Waals surface area contributed by atoms with Crippen LogP contribution in [0, 0.1) is 6.92 Å². The maximum absolute atomic E-state index is 5.37. The molecule has 0 N–H and O–H groups in total. The van der Waals surface area contributed by atoms with Gasteiger partial charge in [-0.15, -0.1) is 21.5 Å². The Bertz CT molecular complexity index is 990. The summed E-state index contributed by atoms with van der Waals surface area (Å²) in [6.07, 6.45) is 0. The van der Waals surface area contributed by atoms with E-state index in [9.17, 15) is 0 Å². The molecule has 3 aromatic heterocycles. The number of thioether (sulfide) groups is 1. The number of hydrogen-bond donors (Lipinski definition) is 0. The van der Waals surface area contributed by atoms with Crippen LogP contribution in [-0.2, 0) is 12.8 Å². The summed E-state index contributed by atoms with van der Waals surface area (Å²) in [4.78, 5) is 5.57. The van der Waals surface area contributed by atoms with Crippen molar-refractivity contribution in [1.29, 1.82) is 0 Å². The normalized spacial score (nSPS) is 11.1. The summed E-state index contributed by atoms with van der Waals surface area (Å²) in [6.45, 7) is 2.04. The maximum Gasteiger partial charge on any atom is 0.257 e. The second-order valence-electron chi connectivity index (χ2n) is 5.52. The summed E-state index contributed by atoms with van der Waals surface area (Å²) in [5, 5.41) is 15.4. The SMILES string of the molecule is Cc1cccc(-c2nc(CSc3nnc(-c4cccs4)n3C)no2)c1. The van der Waals surface area contributed by atoms with Crippen molar-refractivity contribution < 1.29 is 4.52 Å². The van der Waals surface area contributed by atoms with Crippen LogP contribution in [0.3, 0.4) is 0 Å². The number of benzene rings is 1. The Kier molecular flexibility index (Phi) is 4.37. The Morgan fingerprint density at radius 1 is 1.20 bits per heavy atom. The van der Waals surface area contributed by atoms with Gasteiger partial charge >= 0.3 is 0 Å². The second kappa shape index (κ2) is 6.81. The first-order chi connectivity index (χ1) is 12.2. The first kappa shape index (κ1) is 16.0. The van der Waals surface area contributed by atoms with E-state index >= 15 is 0 Å². The van der Waals surface area contributed by atoms with E-state index in [0.717, 1.165) is 27.0 Å². The first-order valence-electron chi connectivity index (χ1n) is 7.66. The van der Waals surface area contributed by atoms with Gasteiger partial charge in [0.2, 0.25) is 0 Å². The van der Waals surface area contributed by atoms with Crippen molar-refractivity contribution in [3.8, 4) is 22.2 Å². The van der Waals surface area contributed by atoms with Crippen LogP contribution in [0.1, 0.15) is 11.4 Å². The van der Waals surface area contributed by atoms with Crippen molar-refractivity contribution >= 4 is 23.1 Å². The Balaban J connectivity index is 1.48. The molecule has 1 aromatic carbocycles. The molecule has 0 aliphatic carbocycles. The van der Waals surface area contributed by atoms with Gasteiger partial charge in [-0.1, -0.05) is 40.7 Å². The molecule has 6 nitrogen and oxygen atoms in total. The maximum atomic E-state index is 5.37. The van der Waals surface area contributed by atoms with Crippen molar-refractivity contribution in [1.82, 2.24) is 24.9 Å². The van der Waals surface area contributed by atoms with Gasteiger partial charge in [0.25, 0.3) is 5.89 Å². The molecule has 0 radical (unpaired) electrons. The van der Waals surface area contributed by atoms with Crippen molar-refractivity contribution in [3.63, 3.8) is 0 Å². The molecule has 126 valence electrons. The highest BCUT2D eigenvalue weighted by atomic mass is 32.2. The van der Waals surface area contributed by atoms with Crippen molar-refractivity contribution in [2.75, 3.05) is 0 Å². The molecule has 0 saturated heterocycles. The van der Waals surface area contributed by atoms with Crippen molar-refractivity contribution in [2.45, 2.75) is 17.8 Å². The highest BCUT2D eigenvalue weighted by molar-refractivity contribution is 7.98. The lowest BCUT2D eigenvalue weighted by molar-refractivity contribution is 0.425. The van der Waals surface area contributed by atoms with E-state index in [1.807, 2.05) is 60.3 Å². The largest absolute Gasteiger partial charge is 0.334 e. The standard InChI is InChI=1S/C17H15N5OS2/c1-11-5-3-6-12(9-11)16-18-14(21-23-16)10-25-17-20-19-15(22(17)2)13-7-4-8-24-13/h3-9H,10H2,1-2H3. The Labute approximate surface area is 152 Å². The molecule has 0 bridgehead atoms. The van der Waals surface area contributed by atoms with Crippen LogP contribution in [0.25, 0.3) is 22.2 Å². The van der Waals surface area contributed by atoms with E-state index in [2.05, 4.69) is 20.3 Å². The van der Waals surface area contributed by atoms with Crippen LogP contribution in [-0.4, -0.2) is 24.9 Å². The summed E-state index contributed by atoms with van der Waals surface area (Å²) in [5.74, 6) is 2.62. The van der Waals surface area contributed by atoms with E-state index in [1.165, 1.54) is 11.8 Å². The third kappa shape index (κ3) is 3.35. The summed E-state index contributed by atoms with van der Waals surface area (Å²) in [6, 6.07) is 12.1. The topological polar surface area (TPSA) is 69.6 Å². The lowest BCUT2D eigenvalue weighted by atomic mass is 10.1. The quantitative estimate of drug-likeness (QED) is 0.491. The smallest absolute Gasteiger partial charge is 0.257 e. The van der Waals surface area contributed by atoms with E-state index in [-0.39, 0.29) is 0 Å². The first-order valence-corrected chi connectivity index (χ1v) is 9.53. The van der Waals surface area contributed by atoms with Gasteiger partial charge < -0.3 is 9.09 Å². The molecule has 0 aliphatic heterocycles.